The third-order valence-electron chi connectivity index (χ3n) is 4.55. The number of carbonyl (C=O) groups is 1. The number of nitrogens with zero attached hydrogens (tertiary/aromatic N) is 2. The molecular formula is C19H20F2N2O. The second kappa shape index (κ2) is 7.51. The fraction of sp³-hybridized carbons (Fsp3) is 0.368. The molecule has 1 amide bonds. The van der Waals surface area contributed by atoms with E-state index in [1.807, 2.05) is 4.90 Å². The summed E-state index contributed by atoms with van der Waals surface area (Å²) in [4.78, 5) is 18.3. The second-order valence-electron chi connectivity index (χ2n) is 6.28. The maximum absolute atomic E-state index is 13.7. The Labute approximate surface area is 140 Å². The van der Waals surface area contributed by atoms with E-state index in [4.69, 9.17) is 0 Å². The van der Waals surface area contributed by atoms with Crippen molar-refractivity contribution in [1.29, 1.82) is 0 Å². The van der Waals surface area contributed by atoms with E-state index in [9.17, 15) is 13.6 Å². The number of aryl methyl sites for hydroxylation is 1. The van der Waals surface area contributed by atoms with Gasteiger partial charge in [-0.05, 0) is 55.4 Å². The van der Waals surface area contributed by atoms with Crippen molar-refractivity contribution in [3.8, 4) is 0 Å². The Morgan fingerprint density at radius 1 is 1.29 bits per heavy atom. The van der Waals surface area contributed by atoms with Crippen LogP contribution in [0.15, 0.2) is 42.7 Å². The third kappa shape index (κ3) is 3.96. The topological polar surface area (TPSA) is 33.2 Å². The molecule has 2 heterocycles. The van der Waals surface area contributed by atoms with Gasteiger partial charge in [-0.2, -0.15) is 0 Å². The van der Waals surface area contributed by atoms with Gasteiger partial charge in [0.2, 0.25) is 0 Å². The van der Waals surface area contributed by atoms with E-state index in [1.165, 1.54) is 12.1 Å². The molecule has 1 fully saturated rings. The standard InChI is InChI=1S/C19H20F2N2O/c20-17-8-7-15(18(21)11-17)6-5-14-3-2-10-23(13-14)19(24)16-4-1-9-22-12-16/h1,4,7-9,11-12,14H,2-3,5-6,10,13H2/t14-/m0/s1. The monoisotopic (exact) mass is 330 g/mol. The highest BCUT2D eigenvalue weighted by Crippen LogP contribution is 2.23. The predicted molar refractivity (Wildman–Crippen MR) is 87.5 cm³/mol. The number of halogens is 2. The van der Waals surface area contributed by atoms with E-state index in [0.29, 0.717) is 30.0 Å². The summed E-state index contributed by atoms with van der Waals surface area (Å²) < 4.78 is 26.7. The molecule has 3 nitrogen and oxygen atoms in total. The van der Waals surface area contributed by atoms with Crippen molar-refractivity contribution in [2.75, 3.05) is 13.1 Å². The van der Waals surface area contributed by atoms with Crippen molar-refractivity contribution in [3.63, 3.8) is 0 Å². The zero-order valence-electron chi connectivity index (χ0n) is 13.4. The fourth-order valence-corrected chi connectivity index (χ4v) is 3.24. The molecule has 0 unspecified atom stereocenters. The van der Waals surface area contributed by atoms with Crippen molar-refractivity contribution in [1.82, 2.24) is 9.88 Å². The number of aromatic nitrogens is 1. The van der Waals surface area contributed by atoms with Gasteiger partial charge in [-0.25, -0.2) is 8.78 Å². The zero-order valence-corrected chi connectivity index (χ0v) is 13.4. The number of rotatable bonds is 4. The number of hydrogen-bond acceptors (Lipinski definition) is 2. The Morgan fingerprint density at radius 3 is 2.92 bits per heavy atom. The highest BCUT2D eigenvalue weighted by molar-refractivity contribution is 5.93. The molecule has 0 radical (unpaired) electrons. The quantitative estimate of drug-likeness (QED) is 0.853. The minimum Gasteiger partial charge on any atom is -0.338 e. The lowest BCUT2D eigenvalue weighted by Crippen LogP contribution is -2.40. The Balaban J connectivity index is 1.58. The van der Waals surface area contributed by atoms with Crippen LogP contribution in [-0.4, -0.2) is 28.9 Å². The van der Waals surface area contributed by atoms with Gasteiger partial charge in [0.15, 0.2) is 0 Å². The number of hydrogen-bond donors (Lipinski definition) is 0. The molecule has 0 aliphatic carbocycles. The first-order valence-corrected chi connectivity index (χ1v) is 8.26. The van der Waals surface area contributed by atoms with Crippen LogP contribution >= 0.6 is 0 Å². The van der Waals surface area contributed by atoms with Gasteiger partial charge in [0.25, 0.3) is 5.91 Å². The van der Waals surface area contributed by atoms with Crippen LogP contribution in [0.5, 0.6) is 0 Å². The number of benzene rings is 1. The van der Waals surface area contributed by atoms with Crippen LogP contribution in [-0.2, 0) is 6.42 Å². The fourth-order valence-electron chi connectivity index (χ4n) is 3.24. The molecule has 2 aromatic rings. The molecule has 126 valence electrons. The lowest BCUT2D eigenvalue weighted by atomic mass is 9.91. The smallest absolute Gasteiger partial charge is 0.255 e. The van der Waals surface area contributed by atoms with Crippen molar-refractivity contribution in [2.45, 2.75) is 25.7 Å². The molecule has 1 aromatic heterocycles. The minimum absolute atomic E-state index is 0.000706. The molecule has 0 N–H and O–H groups in total. The number of pyridine rings is 1. The van der Waals surface area contributed by atoms with Crippen LogP contribution < -0.4 is 0 Å². The molecule has 1 aliphatic rings. The van der Waals surface area contributed by atoms with Crippen molar-refractivity contribution in [3.05, 3.63) is 65.5 Å². The van der Waals surface area contributed by atoms with Crippen LogP contribution in [0.1, 0.15) is 35.2 Å². The van der Waals surface area contributed by atoms with Gasteiger partial charge in [-0.3, -0.25) is 9.78 Å². The largest absolute Gasteiger partial charge is 0.338 e. The summed E-state index contributed by atoms with van der Waals surface area (Å²) in [5, 5.41) is 0. The molecule has 1 saturated heterocycles. The van der Waals surface area contributed by atoms with Gasteiger partial charge in [0, 0.05) is 31.5 Å². The number of amides is 1. The SMILES string of the molecule is O=C(c1cccnc1)N1CCC[C@@H](CCc2ccc(F)cc2F)C1. The lowest BCUT2D eigenvalue weighted by Gasteiger charge is -2.33. The Bertz CT molecular complexity index is 706. The number of likely N-dealkylation sites (tertiary alicyclic amines) is 1. The van der Waals surface area contributed by atoms with Gasteiger partial charge in [0.05, 0.1) is 5.56 Å². The summed E-state index contributed by atoms with van der Waals surface area (Å²) in [6.45, 7) is 1.42. The van der Waals surface area contributed by atoms with E-state index in [2.05, 4.69) is 4.98 Å². The molecule has 1 aliphatic heterocycles. The maximum atomic E-state index is 13.7. The second-order valence-corrected chi connectivity index (χ2v) is 6.28. The molecular weight excluding hydrogens is 310 g/mol. The normalized spacial score (nSPS) is 17.8. The average molecular weight is 330 g/mol. The summed E-state index contributed by atoms with van der Waals surface area (Å²) >= 11 is 0. The summed E-state index contributed by atoms with van der Waals surface area (Å²) in [6.07, 6.45) is 6.56. The van der Waals surface area contributed by atoms with Gasteiger partial charge in [-0.15, -0.1) is 0 Å². The van der Waals surface area contributed by atoms with Gasteiger partial charge in [-0.1, -0.05) is 6.07 Å². The summed E-state index contributed by atoms with van der Waals surface area (Å²) in [7, 11) is 0. The first-order chi connectivity index (χ1) is 11.6. The van der Waals surface area contributed by atoms with E-state index >= 15 is 0 Å². The van der Waals surface area contributed by atoms with E-state index < -0.39 is 11.6 Å². The molecule has 24 heavy (non-hydrogen) atoms. The van der Waals surface area contributed by atoms with E-state index in [-0.39, 0.29) is 5.91 Å². The summed E-state index contributed by atoms with van der Waals surface area (Å²) in [6, 6.07) is 7.25. The summed E-state index contributed by atoms with van der Waals surface area (Å²) in [5.74, 6) is -0.708. The predicted octanol–water partition coefficient (Wildman–Crippen LogP) is 3.84. The van der Waals surface area contributed by atoms with Crippen molar-refractivity contribution >= 4 is 5.91 Å². The van der Waals surface area contributed by atoms with Gasteiger partial charge >= 0.3 is 0 Å². The Morgan fingerprint density at radius 2 is 2.17 bits per heavy atom. The molecule has 0 saturated carbocycles. The van der Waals surface area contributed by atoms with E-state index in [1.54, 1.807) is 24.5 Å². The van der Waals surface area contributed by atoms with Crippen molar-refractivity contribution < 1.29 is 13.6 Å². The zero-order chi connectivity index (χ0) is 16.9. The number of carbonyl (C=O) groups excluding carboxylic acids is 1. The molecule has 0 spiro atoms. The molecule has 3 rings (SSSR count). The Kier molecular flexibility index (Phi) is 5.18. The van der Waals surface area contributed by atoms with Crippen LogP contribution in [0.3, 0.4) is 0 Å². The molecule has 1 atom stereocenters. The molecule has 0 bridgehead atoms. The third-order valence-corrected chi connectivity index (χ3v) is 4.55. The highest BCUT2D eigenvalue weighted by Gasteiger charge is 2.24. The van der Waals surface area contributed by atoms with Gasteiger partial charge in [0.1, 0.15) is 11.6 Å². The number of piperidine rings is 1. The van der Waals surface area contributed by atoms with Crippen LogP contribution in [0.2, 0.25) is 0 Å². The minimum atomic E-state index is -0.554. The molecule has 5 heteroatoms. The summed E-state index contributed by atoms with van der Waals surface area (Å²) in [5.41, 5.74) is 1.13. The average Bonchev–Trinajstić information content (AvgIpc) is 2.61. The highest BCUT2D eigenvalue weighted by atomic mass is 19.1. The first kappa shape index (κ1) is 16.6. The first-order valence-electron chi connectivity index (χ1n) is 8.26. The van der Waals surface area contributed by atoms with E-state index in [0.717, 1.165) is 31.9 Å². The van der Waals surface area contributed by atoms with Crippen molar-refractivity contribution in [2.24, 2.45) is 5.92 Å². The van der Waals surface area contributed by atoms with Crippen LogP contribution in [0, 0.1) is 17.6 Å². The van der Waals surface area contributed by atoms with Gasteiger partial charge < -0.3 is 4.90 Å². The Hall–Kier alpha value is -2.30. The van der Waals surface area contributed by atoms with Crippen LogP contribution in [0.4, 0.5) is 8.78 Å². The maximum Gasteiger partial charge on any atom is 0.255 e. The molecule has 1 aromatic carbocycles. The lowest BCUT2D eigenvalue weighted by molar-refractivity contribution is 0.0667. The van der Waals surface area contributed by atoms with Crippen LogP contribution in [0.25, 0.3) is 0 Å².